The molecule has 0 radical (unpaired) electrons. The molecule has 1 aliphatic heterocycles. The molecule has 0 aliphatic carbocycles. The fraction of sp³-hybridized carbons (Fsp3) is 0.286. The highest BCUT2D eigenvalue weighted by atomic mass is 32.1. The van der Waals surface area contributed by atoms with Gasteiger partial charge >= 0.3 is 0 Å². The third kappa shape index (κ3) is 1.93. The van der Waals surface area contributed by atoms with Crippen molar-refractivity contribution < 1.29 is 4.74 Å². The molecule has 0 saturated carbocycles. The van der Waals surface area contributed by atoms with Crippen molar-refractivity contribution in [2.75, 3.05) is 6.61 Å². The SMILES string of the molecule is Cc1cnc(=S)[nH]c1-c1cccc2c1OCCC2. The van der Waals surface area contributed by atoms with Gasteiger partial charge in [0.25, 0.3) is 0 Å². The number of aromatic nitrogens is 2. The molecule has 0 spiro atoms. The molecule has 2 aromatic rings. The Kier molecular flexibility index (Phi) is 2.88. The van der Waals surface area contributed by atoms with Gasteiger partial charge in [-0.1, -0.05) is 12.1 Å². The molecular formula is C14H14N2OS. The van der Waals surface area contributed by atoms with Crippen LogP contribution in [0.2, 0.25) is 0 Å². The van der Waals surface area contributed by atoms with Gasteiger partial charge in [0.1, 0.15) is 5.75 Å². The molecule has 1 aromatic heterocycles. The van der Waals surface area contributed by atoms with Crippen LogP contribution in [0.3, 0.4) is 0 Å². The Hall–Kier alpha value is -1.68. The predicted molar refractivity (Wildman–Crippen MR) is 73.4 cm³/mol. The fourth-order valence-electron chi connectivity index (χ4n) is 2.32. The Bertz CT molecular complexity index is 648. The van der Waals surface area contributed by atoms with Gasteiger partial charge in [0.2, 0.25) is 0 Å². The van der Waals surface area contributed by atoms with Gasteiger partial charge in [0, 0.05) is 11.8 Å². The first-order valence-corrected chi connectivity index (χ1v) is 6.47. The highest BCUT2D eigenvalue weighted by Crippen LogP contribution is 2.36. The summed E-state index contributed by atoms with van der Waals surface area (Å²) in [6, 6.07) is 6.26. The summed E-state index contributed by atoms with van der Waals surface area (Å²) in [7, 11) is 0. The first-order chi connectivity index (χ1) is 8.75. The van der Waals surface area contributed by atoms with E-state index in [4.69, 9.17) is 17.0 Å². The van der Waals surface area contributed by atoms with Crippen LogP contribution in [-0.2, 0) is 6.42 Å². The molecule has 3 rings (SSSR count). The van der Waals surface area contributed by atoms with E-state index in [1.165, 1.54) is 5.56 Å². The molecule has 0 bridgehead atoms. The van der Waals surface area contributed by atoms with Crippen molar-refractivity contribution in [2.45, 2.75) is 19.8 Å². The minimum atomic E-state index is 0.504. The second-order valence-corrected chi connectivity index (χ2v) is 4.88. The van der Waals surface area contributed by atoms with E-state index in [2.05, 4.69) is 28.2 Å². The first kappa shape index (κ1) is 11.4. The summed E-state index contributed by atoms with van der Waals surface area (Å²) in [6.07, 6.45) is 3.96. The lowest BCUT2D eigenvalue weighted by atomic mass is 9.99. The standard InChI is InChI=1S/C14H14N2OS/c1-9-8-15-14(18)16-12(9)11-6-2-4-10-5-3-7-17-13(10)11/h2,4,6,8H,3,5,7H2,1H3,(H,15,16,18). The Morgan fingerprint density at radius 3 is 3.17 bits per heavy atom. The maximum absolute atomic E-state index is 5.83. The Balaban J connectivity index is 2.23. The molecule has 2 heterocycles. The number of aromatic amines is 1. The van der Waals surface area contributed by atoms with Gasteiger partial charge in [0.15, 0.2) is 4.77 Å². The topological polar surface area (TPSA) is 37.9 Å². The molecule has 18 heavy (non-hydrogen) atoms. The average molecular weight is 258 g/mol. The van der Waals surface area contributed by atoms with Crippen molar-refractivity contribution in [3.05, 3.63) is 40.3 Å². The largest absolute Gasteiger partial charge is 0.493 e. The molecule has 3 nitrogen and oxygen atoms in total. The van der Waals surface area contributed by atoms with Gasteiger partial charge in [-0.15, -0.1) is 0 Å². The zero-order valence-electron chi connectivity index (χ0n) is 10.2. The Labute approximate surface area is 111 Å². The third-order valence-electron chi connectivity index (χ3n) is 3.20. The van der Waals surface area contributed by atoms with Crippen molar-refractivity contribution >= 4 is 12.2 Å². The molecule has 4 heteroatoms. The van der Waals surface area contributed by atoms with Crippen LogP contribution in [-0.4, -0.2) is 16.6 Å². The number of rotatable bonds is 1. The minimum Gasteiger partial charge on any atom is -0.493 e. The summed E-state index contributed by atoms with van der Waals surface area (Å²) < 4.78 is 6.33. The van der Waals surface area contributed by atoms with Crippen LogP contribution in [0, 0.1) is 11.7 Å². The van der Waals surface area contributed by atoms with Gasteiger partial charge in [-0.25, -0.2) is 4.98 Å². The first-order valence-electron chi connectivity index (χ1n) is 6.06. The van der Waals surface area contributed by atoms with E-state index < -0.39 is 0 Å². The highest BCUT2D eigenvalue weighted by Gasteiger charge is 2.16. The lowest BCUT2D eigenvalue weighted by Crippen LogP contribution is -2.09. The fourth-order valence-corrected chi connectivity index (χ4v) is 2.48. The van der Waals surface area contributed by atoms with Crippen molar-refractivity contribution in [2.24, 2.45) is 0 Å². The Morgan fingerprint density at radius 1 is 1.39 bits per heavy atom. The summed E-state index contributed by atoms with van der Waals surface area (Å²) in [6.45, 7) is 2.81. The summed E-state index contributed by atoms with van der Waals surface area (Å²) >= 11 is 5.11. The number of nitrogens with zero attached hydrogens (tertiary/aromatic N) is 1. The molecular weight excluding hydrogens is 244 g/mol. The van der Waals surface area contributed by atoms with Gasteiger partial charge < -0.3 is 9.72 Å². The highest BCUT2D eigenvalue weighted by molar-refractivity contribution is 7.71. The number of benzene rings is 1. The molecule has 1 aliphatic rings. The van der Waals surface area contributed by atoms with Crippen LogP contribution in [0.5, 0.6) is 5.75 Å². The van der Waals surface area contributed by atoms with E-state index in [0.717, 1.165) is 42.0 Å². The van der Waals surface area contributed by atoms with E-state index in [1.807, 2.05) is 6.92 Å². The lowest BCUT2D eigenvalue weighted by molar-refractivity contribution is 0.289. The lowest BCUT2D eigenvalue weighted by Gasteiger charge is -2.20. The van der Waals surface area contributed by atoms with Crippen molar-refractivity contribution in [1.82, 2.24) is 9.97 Å². The normalized spacial score (nSPS) is 13.8. The average Bonchev–Trinajstić information content (AvgIpc) is 2.41. The predicted octanol–water partition coefficient (Wildman–Crippen LogP) is 3.44. The summed E-state index contributed by atoms with van der Waals surface area (Å²) in [4.78, 5) is 7.26. The molecule has 1 N–H and O–H groups in total. The van der Waals surface area contributed by atoms with E-state index in [0.29, 0.717) is 4.77 Å². The monoisotopic (exact) mass is 258 g/mol. The number of hydrogen-bond donors (Lipinski definition) is 1. The number of hydrogen-bond acceptors (Lipinski definition) is 3. The molecule has 0 atom stereocenters. The van der Waals surface area contributed by atoms with Gasteiger partial charge in [-0.05, 0) is 49.2 Å². The zero-order chi connectivity index (χ0) is 12.5. The molecule has 92 valence electrons. The second-order valence-electron chi connectivity index (χ2n) is 4.49. The third-order valence-corrected chi connectivity index (χ3v) is 3.41. The number of ether oxygens (including phenoxy) is 1. The molecule has 0 unspecified atom stereocenters. The van der Waals surface area contributed by atoms with Crippen molar-refractivity contribution in [3.63, 3.8) is 0 Å². The van der Waals surface area contributed by atoms with Crippen LogP contribution in [0.25, 0.3) is 11.3 Å². The summed E-state index contributed by atoms with van der Waals surface area (Å²) in [5, 5.41) is 0. The van der Waals surface area contributed by atoms with Gasteiger partial charge in [0.05, 0.1) is 12.3 Å². The molecule has 1 aromatic carbocycles. The smallest absolute Gasteiger partial charge is 0.197 e. The van der Waals surface area contributed by atoms with Crippen LogP contribution < -0.4 is 4.74 Å². The zero-order valence-corrected chi connectivity index (χ0v) is 11.0. The van der Waals surface area contributed by atoms with Crippen LogP contribution in [0.1, 0.15) is 17.5 Å². The second kappa shape index (κ2) is 4.53. The van der Waals surface area contributed by atoms with Crippen LogP contribution in [0.4, 0.5) is 0 Å². The van der Waals surface area contributed by atoms with E-state index in [-0.39, 0.29) is 0 Å². The molecule has 0 amide bonds. The van der Waals surface area contributed by atoms with Gasteiger partial charge in [-0.2, -0.15) is 0 Å². The van der Waals surface area contributed by atoms with Crippen LogP contribution >= 0.6 is 12.2 Å². The van der Waals surface area contributed by atoms with Gasteiger partial charge in [-0.3, -0.25) is 0 Å². The van der Waals surface area contributed by atoms with E-state index in [1.54, 1.807) is 6.20 Å². The molecule has 0 saturated heterocycles. The quantitative estimate of drug-likeness (QED) is 0.796. The number of fused-ring (bicyclic) bond motifs is 1. The maximum atomic E-state index is 5.83. The number of aryl methyl sites for hydroxylation is 2. The number of para-hydroxylation sites is 1. The Morgan fingerprint density at radius 2 is 2.28 bits per heavy atom. The minimum absolute atomic E-state index is 0.504. The van der Waals surface area contributed by atoms with Crippen LogP contribution in [0.15, 0.2) is 24.4 Å². The van der Waals surface area contributed by atoms with Crippen molar-refractivity contribution in [1.29, 1.82) is 0 Å². The maximum Gasteiger partial charge on any atom is 0.197 e. The van der Waals surface area contributed by atoms with E-state index in [9.17, 15) is 0 Å². The van der Waals surface area contributed by atoms with E-state index >= 15 is 0 Å². The number of nitrogens with one attached hydrogen (secondary N) is 1. The van der Waals surface area contributed by atoms with Crippen molar-refractivity contribution in [3.8, 4) is 17.0 Å². The summed E-state index contributed by atoms with van der Waals surface area (Å²) in [5.74, 6) is 0.990. The summed E-state index contributed by atoms with van der Waals surface area (Å²) in [5.41, 5.74) is 4.44. The number of H-pyrrole nitrogens is 1. The molecule has 0 fully saturated rings.